The molecule has 2 rings (SSSR count). The molecule has 0 saturated carbocycles. The van der Waals surface area contributed by atoms with Gasteiger partial charge < -0.3 is 19.5 Å². The molecular formula is C15H23FN2O3. The molecule has 1 aromatic carbocycles. The first-order valence-electron chi connectivity index (χ1n) is 7.06. The van der Waals surface area contributed by atoms with Gasteiger partial charge in [-0.1, -0.05) is 0 Å². The summed E-state index contributed by atoms with van der Waals surface area (Å²) in [4.78, 5) is 2.13. The van der Waals surface area contributed by atoms with Gasteiger partial charge in [-0.2, -0.15) is 0 Å². The summed E-state index contributed by atoms with van der Waals surface area (Å²) in [7, 11) is 4.69. The third kappa shape index (κ3) is 3.22. The molecule has 1 atom stereocenters. The molecule has 0 unspecified atom stereocenters. The van der Waals surface area contributed by atoms with Crippen LogP contribution in [0.25, 0.3) is 0 Å². The second-order valence-electron chi connectivity index (χ2n) is 4.88. The van der Waals surface area contributed by atoms with E-state index in [1.54, 1.807) is 27.4 Å². The zero-order chi connectivity index (χ0) is 15.2. The highest BCUT2D eigenvalue weighted by molar-refractivity contribution is 5.56. The van der Waals surface area contributed by atoms with Crippen molar-refractivity contribution in [2.24, 2.45) is 0 Å². The molecule has 1 aliphatic rings. The van der Waals surface area contributed by atoms with E-state index in [0.29, 0.717) is 17.2 Å². The van der Waals surface area contributed by atoms with Gasteiger partial charge in [-0.3, -0.25) is 4.90 Å². The number of nitrogens with one attached hydrogen (secondary N) is 1. The topological polar surface area (TPSA) is 43.0 Å². The zero-order valence-corrected chi connectivity index (χ0v) is 12.8. The van der Waals surface area contributed by atoms with Crippen molar-refractivity contribution in [3.8, 4) is 17.2 Å². The molecule has 0 spiro atoms. The zero-order valence-electron chi connectivity index (χ0n) is 12.8. The SMILES string of the molecule is COc1ccc([C@H](CF)N2CCNCC2)c(OC)c1OC. The molecular weight excluding hydrogens is 275 g/mol. The average molecular weight is 298 g/mol. The van der Waals surface area contributed by atoms with Crippen molar-refractivity contribution in [1.29, 1.82) is 0 Å². The summed E-state index contributed by atoms with van der Waals surface area (Å²) in [6, 6.07) is 3.32. The Morgan fingerprint density at radius 3 is 2.29 bits per heavy atom. The Hall–Kier alpha value is -1.53. The lowest BCUT2D eigenvalue weighted by molar-refractivity contribution is 0.144. The fourth-order valence-electron chi connectivity index (χ4n) is 2.76. The molecule has 1 heterocycles. The molecule has 1 N–H and O–H groups in total. The van der Waals surface area contributed by atoms with Crippen LogP contribution in [0.15, 0.2) is 12.1 Å². The second kappa shape index (κ2) is 7.47. The van der Waals surface area contributed by atoms with Crippen LogP contribution in [0, 0.1) is 0 Å². The van der Waals surface area contributed by atoms with Crippen LogP contribution in [0.5, 0.6) is 17.2 Å². The van der Waals surface area contributed by atoms with Gasteiger partial charge in [0.1, 0.15) is 6.67 Å². The van der Waals surface area contributed by atoms with Crippen molar-refractivity contribution in [3.63, 3.8) is 0 Å². The highest BCUT2D eigenvalue weighted by atomic mass is 19.1. The van der Waals surface area contributed by atoms with E-state index in [9.17, 15) is 4.39 Å². The van der Waals surface area contributed by atoms with Crippen LogP contribution < -0.4 is 19.5 Å². The Morgan fingerprint density at radius 2 is 1.76 bits per heavy atom. The number of halogens is 1. The van der Waals surface area contributed by atoms with Gasteiger partial charge >= 0.3 is 0 Å². The second-order valence-corrected chi connectivity index (χ2v) is 4.88. The van der Waals surface area contributed by atoms with Gasteiger partial charge in [-0.25, -0.2) is 4.39 Å². The Balaban J connectivity index is 2.40. The van der Waals surface area contributed by atoms with Crippen molar-refractivity contribution in [1.82, 2.24) is 10.2 Å². The van der Waals surface area contributed by atoms with E-state index in [1.165, 1.54) is 0 Å². The Labute approximate surface area is 125 Å². The van der Waals surface area contributed by atoms with Gasteiger partial charge in [0.2, 0.25) is 5.75 Å². The van der Waals surface area contributed by atoms with Gasteiger partial charge in [0.05, 0.1) is 27.4 Å². The maximum absolute atomic E-state index is 13.7. The number of nitrogens with zero attached hydrogens (tertiary/aromatic N) is 1. The first-order valence-corrected chi connectivity index (χ1v) is 7.06. The van der Waals surface area contributed by atoms with Crippen LogP contribution in [0.4, 0.5) is 4.39 Å². The molecule has 6 heteroatoms. The number of alkyl halides is 1. The van der Waals surface area contributed by atoms with Crippen LogP contribution in [-0.2, 0) is 0 Å². The summed E-state index contributed by atoms with van der Waals surface area (Å²) < 4.78 is 29.8. The number of piperazine rings is 1. The van der Waals surface area contributed by atoms with Gasteiger partial charge in [-0.15, -0.1) is 0 Å². The molecule has 1 saturated heterocycles. The van der Waals surface area contributed by atoms with Crippen molar-refractivity contribution in [2.45, 2.75) is 6.04 Å². The number of hydrogen-bond acceptors (Lipinski definition) is 5. The quantitative estimate of drug-likeness (QED) is 0.864. The van der Waals surface area contributed by atoms with Gasteiger partial charge in [-0.05, 0) is 12.1 Å². The fourth-order valence-corrected chi connectivity index (χ4v) is 2.76. The first-order chi connectivity index (χ1) is 10.3. The van der Waals surface area contributed by atoms with Crippen LogP contribution in [0.2, 0.25) is 0 Å². The summed E-state index contributed by atoms with van der Waals surface area (Å²) in [6.45, 7) is 2.89. The van der Waals surface area contributed by atoms with E-state index >= 15 is 0 Å². The first kappa shape index (κ1) is 15.9. The maximum Gasteiger partial charge on any atom is 0.203 e. The minimum Gasteiger partial charge on any atom is -0.493 e. The summed E-state index contributed by atoms with van der Waals surface area (Å²) in [6.07, 6.45) is 0. The Morgan fingerprint density at radius 1 is 1.10 bits per heavy atom. The summed E-state index contributed by atoms with van der Waals surface area (Å²) in [5, 5.41) is 3.27. The van der Waals surface area contributed by atoms with Crippen molar-refractivity contribution in [3.05, 3.63) is 17.7 Å². The van der Waals surface area contributed by atoms with Crippen molar-refractivity contribution < 1.29 is 18.6 Å². The summed E-state index contributed by atoms with van der Waals surface area (Å²) in [5.74, 6) is 1.63. The highest BCUT2D eigenvalue weighted by Crippen LogP contribution is 2.43. The number of benzene rings is 1. The molecule has 21 heavy (non-hydrogen) atoms. The van der Waals surface area contributed by atoms with Crippen molar-refractivity contribution in [2.75, 3.05) is 54.2 Å². The molecule has 0 radical (unpaired) electrons. The van der Waals surface area contributed by atoms with Gasteiger partial charge in [0.25, 0.3) is 0 Å². The lowest BCUT2D eigenvalue weighted by Crippen LogP contribution is -2.45. The third-order valence-corrected chi connectivity index (χ3v) is 3.83. The largest absolute Gasteiger partial charge is 0.493 e. The van der Waals surface area contributed by atoms with E-state index in [0.717, 1.165) is 31.7 Å². The molecule has 0 aliphatic carbocycles. The minimum atomic E-state index is -0.466. The van der Waals surface area contributed by atoms with E-state index in [4.69, 9.17) is 14.2 Å². The van der Waals surface area contributed by atoms with Crippen molar-refractivity contribution >= 4 is 0 Å². The lowest BCUT2D eigenvalue weighted by atomic mass is 10.0. The predicted octanol–water partition coefficient (Wildman–Crippen LogP) is 1.63. The van der Waals surface area contributed by atoms with E-state index < -0.39 is 6.67 Å². The standard InChI is InChI=1S/C15H23FN2O3/c1-19-13-5-4-11(14(20-2)15(13)21-3)12(10-16)18-8-6-17-7-9-18/h4-5,12,17H,6-10H2,1-3H3/t12-/m0/s1. The average Bonchev–Trinajstić information content (AvgIpc) is 2.55. The monoisotopic (exact) mass is 298 g/mol. The van der Waals surface area contributed by atoms with E-state index in [-0.39, 0.29) is 6.04 Å². The van der Waals surface area contributed by atoms with Crippen LogP contribution in [-0.4, -0.2) is 59.1 Å². The molecule has 0 amide bonds. The third-order valence-electron chi connectivity index (χ3n) is 3.83. The number of ether oxygens (including phenoxy) is 3. The van der Waals surface area contributed by atoms with E-state index in [2.05, 4.69) is 10.2 Å². The normalized spacial score (nSPS) is 17.3. The molecule has 1 aromatic rings. The number of rotatable bonds is 6. The minimum absolute atomic E-state index is 0.332. The number of methoxy groups -OCH3 is 3. The number of hydrogen-bond donors (Lipinski definition) is 1. The molecule has 1 fully saturated rings. The smallest absolute Gasteiger partial charge is 0.203 e. The molecule has 1 aliphatic heterocycles. The predicted molar refractivity (Wildman–Crippen MR) is 79.3 cm³/mol. The Bertz CT molecular complexity index is 464. The van der Waals surface area contributed by atoms with E-state index in [1.807, 2.05) is 6.07 Å². The van der Waals surface area contributed by atoms with Crippen LogP contribution >= 0.6 is 0 Å². The molecule has 118 valence electrons. The molecule has 5 nitrogen and oxygen atoms in total. The summed E-state index contributed by atoms with van der Waals surface area (Å²) >= 11 is 0. The van der Waals surface area contributed by atoms with Gasteiger partial charge in [0.15, 0.2) is 11.5 Å². The highest BCUT2D eigenvalue weighted by Gasteiger charge is 2.27. The fraction of sp³-hybridized carbons (Fsp3) is 0.600. The van der Waals surface area contributed by atoms with Crippen LogP contribution in [0.1, 0.15) is 11.6 Å². The van der Waals surface area contributed by atoms with Crippen LogP contribution in [0.3, 0.4) is 0 Å². The molecule has 0 aromatic heterocycles. The molecule has 0 bridgehead atoms. The lowest BCUT2D eigenvalue weighted by Gasteiger charge is -2.34. The maximum atomic E-state index is 13.7. The summed E-state index contributed by atoms with van der Waals surface area (Å²) in [5.41, 5.74) is 0.791. The van der Waals surface area contributed by atoms with Gasteiger partial charge in [0, 0.05) is 31.7 Å². The Kier molecular flexibility index (Phi) is 5.64.